The Hall–Kier alpha value is -1.81. The third kappa shape index (κ3) is 3.10. The number of fused-ring (bicyclic) bond motifs is 1. The Morgan fingerprint density at radius 2 is 2.24 bits per heavy atom. The van der Waals surface area contributed by atoms with E-state index in [1.165, 1.54) is 24.0 Å². The van der Waals surface area contributed by atoms with Crippen LogP contribution < -0.4 is 5.32 Å². The molecule has 0 spiro atoms. The number of methoxy groups -OCH3 is 1. The van der Waals surface area contributed by atoms with Crippen LogP contribution in [-0.2, 0) is 17.7 Å². The Morgan fingerprint density at radius 1 is 1.38 bits per heavy atom. The van der Waals surface area contributed by atoms with E-state index in [1.54, 1.807) is 7.11 Å². The maximum atomic E-state index is 5.18. The van der Waals surface area contributed by atoms with Crippen LogP contribution in [0, 0.1) is 6.92 Å². The third-order valence-corrected chi connectivity index (χ3v) is 4.11. The summed E-state index contributed by atoms with van der Waals surface area (Å²) in [5.41, 5.74) is 3.92. The molecule has 0 radical (unpaired) electrons. The monoisotopic (exact) mass is 285 g/mol. The fraction of sp³-hybridized carbons (Fsp3) is 0.471. The minimum absolute atomic E-state index is 0.359. The molecule has 0 amide bonds. The molecule has 0 bridgehead atoms. The van der Waals surface area contributed by atoms with E-state index in [2.05, 4.69) is 45.3 Å². The summed E-state index contributed by atoms with van der Waals surface area (Å²) in [7, 11) is 1.73. The minimum atomic E-state index is 0.359. The molecule has 1 aromatic carbocycles. The molecule has 0 aliphatic heterocycles. The average Bonchev–Trinajstić information content (AvgIpc) is 2.85. The molecule has 1 unspecified atom stereocenters. The lowest BCUT2D eigenvalue weighted by molar-refractivity contribution is 0.187. The highest BCUT2D eigenvalue weighted by molar-refractivity contribution is 5.39. The van der Waals surface area contributed by atoms with Gasteiger partial charge in [-0.2, -0.15) is 0 Å². The summed E-state index contributed by atoms with van der Waals surface area (Å²) < 4.78 is 7.33. The number of nitrogens with one attached hydrogen (secondary N) is 1. The first-order chi connectivity index (χ1) is 10.3. The van der Waals surface area contributed by atoms with E-state index in [-0.39, 0.29) is 0 Å². The molecular weight excluding hydrogens is 262 g/mol. The molecule has 4 nitrogen and oxygen atoms in total. The third-order valence-electron chi connectivity index (χ3n) is 4.11. The van der Waals surface area contributed by atoms with Gasteiger partial charge in [-0.25, -0.2) is 4.98 Å². The van der Waals surface area contributed by atoms with Gasteiger partial charge in [-0.1, -0.05) is 24.3 Å². The summed E-state index contributed by atoms with van der Waals surface area (Å²) >= 11 is 0. The van der Waals surface area contributed by atoms with Gasteiger partial charge in [0.05, 0.1) is 18.3 Å². The molecule has 21 heavy (non-hydrogen) atoms. The molecule has 1 atom stereocenters. The first-order valence-electron chi connectivity index (χ1n) is 7.65. The highest BCUT2D eigenvalue weighted by atomic mass is 16.5. The molecular formula is C17H23N3O. The minimum Gasteiger partial charge on any atom is -0.383 e. The van der Waals surface area contributed by atoms with Crippen molar-refractivity contribution in [1.29, 1.82) is 0 Å². The second-order valence-electron chi connectivity index (χ2n) is 5.68. The second-order valence-corrected chi connectivity index (χ2v) is 5.68. The van der Waals surface area contributed by atoms with E-state index < -0.39 is 0 Å². The van der Waals surface area contributed by atoms with Crippen molar-refractivity contribution in [2.45, 2.75) is 38.8 Å². The lowest BCUT2D eigenvalue weighted by Crippen LogP contribution is -2.20. The molecule has 1 aliphatic carbocycles. The highest BCUT2D eigenvalue weighted by Crippen LogP contribution is 2.32. The zero-order valence-electron chi connectivity index (χ0n) is 12.8. The number of rotatable bonds is 5. The Bertz CT molecular complexity index is 606. The standard InChI is InChI=1S/C17H23N3O/c1-13-12-20(10-11-21-2)17(18-13)19-16-9-5-7-14-6-3-4-8-15(14)16/h3-4,6,8,12,16H,5,7,9-11H2,1-2H3,(H,18,19). The quantitative estimate of drug-likeness (QED) is 0.916. The van der Waals surface area contributed by atoms with Crippen molar-refractivity contribution in [2.75, 3.05) is 19.0 Å². The highest BCUT2D eigenvalue weighted by Gasteiger charge is 2.21. The molecule has 4 heteroatoms. The normalized spacial score (nSPS) is 17.5. The number of aryl methyl sites for hydroxylation is 2. The van der Waals surface area contributed by atoms with Crippen molar-refractivity contribution >= 4 is 5.95 Å². The smallest absolute Gasteiger partial charge is 0.203 e. The molecule has 3 rings (SSSR count). The van der Waals surface area contributed by atoms with Crippen molar-refractivity contribution in [2.24, 2.45) is 0 Å². The average molecular weight is 285 g/mol. The number of hydrogen-bond acceptors (Lipinski definition) is 3. The van der Waals surface area contributed by atoms with Gasteiger partial charge in [0.15, 0.2) is 0 Å². The van der Waals surface area contributed by atoms with Crippen LogP contribution in [0.3, 0.4) is 0 Å². The van der Waals surface area contributed by atoms with Gasteiger partial charge in [0.2, 0.25) is 5.95 Å². The fourth-order valence-electron chi connectivity index (χ4n) is 3.08. The number of anilines is 1. The van der Waals surface area contributed by atoms with Crippen molar-refractivity contribution in [1.82, 2.24) is 9.55 Å². The van der Waals surface area contributed by atoms with Gasteiger partial charge >= 0.3 is 0 Å². The molecule has 1 aromatic heterocycles. The molecule has 0 saturated heterocycles. The molecule has 0 fully saturated rings. The number of benzene rings is 1. The van der Waals surface area contributed by atoms with Gasteiger partial charge in [-0.05, 0) is 37.3 Å². The zero-order valence-corrected chi connectivity index (χ0v) is 12.8. The Labute approximate surface area is 126 Å². The van der Waals surface area contributed by atoms with Crippen LogP contribution in [0.5, 0.6) is 0 Å². The van der Waals surface area contributed by atoms with Crippen LogP contribution in [0.15, 0.2) is 30.5 Å². The van der Waals surface area contributed by atoms with E-state index in [4.69, 9.17) is 4.74 Å². The molecule has 0 saturated carbocycles. The zero-order chi connectivity index (χ0) is 14.7. The maximum absolute atomic E-state index is 5.18. The summed E-state index contributed by atoms with van der Waals surface area (Å²) in [6, 6.07) is 9.10. The van der Waals surface area contributed by atoms with Crippen molar-refractivity contribution in [3.8, 4) is 0 Å². The predicted octanol–water partition coefficient (Wildman–Crippen LogP) is 3.33. The number of ether oxygens (including phenoxy) is 1. The van der Waals surface area contributed by atoms with Crippen molar-refractivity contribution in [3.05, 3.63) is 47.3 Å². The van der Waals surface area contributed by atoms with Crippen molar-refractivity contribution < 1.29 is 4.74 Å². The SMILES string of the molecule is COCCn1cc(C)nc1NC1CCCc2ccccc21. The number of imidazole rings is 1. The van der Waals surface area contributed by atoms with Crippen LogP contribution in [0.2, 0.25) is 0 Å². The summed E-state index contributed by atoms with van der Waals surface area (Å²) in [5, 5.41) is 3.63. The lowest BCUT2D eigenvalue weighted by Gasteiger charge is -2.27. The van der Waals surface area contributed by atoms with Gasteiger partial charge in [0.25, 0.3) is 0 Å². The number of nitrogens with zero attached hydrogens (tertiary/aromatic N) is 2. The molecule has 2 aromatic rings. The largest absolute Gasteiger partial charge is 0.383 e. The predicted molar refractivity (Wildman–Crippen MR) is 84.6 cm³/mol. The van der Waals surface area contributed by atoms with Crippen LogP contribution >= 0.6 is 0 Å². The summed E-state index contributed by atoms with van der Waals surface area (Å²) in [6.45, 7) is 3.56. The molecule has 1 aliphatic rings. The maximum Gasteiger partial charge on any atom is 0.203 e. The van der Waals surface area contributed by atoms with Gasteiger partial charge < -0.3 is 14.6 Å². The van der Waals surface area contributed by atoms with Gasteiger partial charge in [0.1, 0.15) is 0 Å². The van der Waals surface area contributed by atoms with E-state index in [9.17, 15) is 0 Å². The lowest BCUT2D eigenvalue weighted by atomic mass is 9.88. The molecule has 1 heterocycles. The van der Waals surface area contributed by atoms with Crippen LogP contribution in [0.25, 0.3) is 0 Å². The number of hydrogen-bond donors (Lipinski definition) is 1. The number of aromatic nitrogens is 2. The first kappa shape index (κ1) is 14.1. The van der Waals surface area contributed by atoms with Crippen LogP contribution in [0.1, 0.15) is 35.7 Å². The van der Waals surface area contributed by atoms with Gasteiger partial charge in [-0.3, -0.25) is 0 Å². The molecule has 1 N–H and O–H groups in total. The van der Waals surface area contributed by atoms with Crippen LogP contribution in [-0.4, -0.2) is 23.3 Å². The second kappa shape index (κ2) is 6.31. The molecule has 112 valence electrons. The Kier molecular flexibility index (Phi) is 4.25. The van der Waals surface area contributed by atoms with Gasteiger partial charge in [0, 0.05) is 19.9 Å². The van der Waals surface area contributed by atoms with E-state index in [0.717, 1.165) is 24.6 Å². The van der Waals surface area contributed by atoms with E-state index >= 15 is 0 Å². The van der Waals surface area contributed by atoms with E-state index in [0.29, 0.717) is 12.6 Å². The van der Waals surface area contributed by atoms with Gasteiger partial charge in [-0.15, -0.1) is 0 Å². The summed E-state index contributed by atoms with van der Waals surface area (Å²) in [5.74, 6) is 0.950. The summed E-state index contributed by atoms with van der Waals surface area (Å²) in [6.07, 6.45) is 5.65. The first-order valence-corrected chi connectivity index (χ1v) is 7.65. The Morgan fingerprint density at radius 3 is 3.10 bits per heavy atom. The Balaban J connectivity index is 1.81. The van der Waals surface area contributed by atoms with Crippen LogP contribution in [0.4, 0.5) is 5.95 Å². The topological polar surface area (TPSA) is 39.1 Å². The van der Waals surface area contributed by atoms with Crippen molar-refractivity contribution in [3.63, 3.8) is 0 Å². The summed E-state index contributed by atoms with van der Waals surface area (Å²) in [4.78, 5) is 4.63. The van der Waals surface area contributed by atoms with E-state index in [1.807, 2.05) is 6.92 Å². The fourth-order valence-corrected chi connectivity index (χ4v) is 3.08.